The first-order valence-electron chi connectivity index (χ1n) is 7.41. The normalized spacial score (nSPS) is 25.8. The Morgan fingerprint density at radius 1 is 1.43 bits per heavy atom. The van der Waals surface area contributed by atoms with E-state index in [2.05, 4.69) is 15.3 Å². The van der Waals surface area contributed by atoms with Crippen molar-refractivity contribution in [3.63, 3.8) is 0 Å². The highest BCUT2D eigenvalue weighted by Gasteiger charge is 2.32. The monoisotopic (exact) mass is 292 g/mol. The molecule has 0 aromatic carbocycles. The van der Waals surface area contributed by atoms with Gasteiger partial charge in [-0.3, -0.25) is 0 Å². The van der Waals surface area contributed by atoms with Gasteiger partial charge in [0.25, 0.3) is 0 Å². The smallest absolute Gasteiger partial charge is 0.326 e. The van der Waals surface area contributed by atoms with E-state index in [0.717, 1.165) is 31.7 Å². The molecule has 0 aliphatic carbocycles. The van der Waals surface area contributed by atoms with Gasteiger partial charge in [-0.25, -0.2) is 9.78 Å². The van der Waals surface area contributed by atoms with E-state index in [-0.39, 0.29) is 6.04 Å². The number of anilines is 2. The molecule has 1 aromatic rings. The topological polar surface area (TPSA) is 87.6 Å². The number of hydrogen-bond donors (Lipinski definition) is 2. The second-order valence-corrected chi connectivity index (χ2v) is 5.49. The number of aromatic nitrogens is 2. The Bertz CT molecular complexity index is 505. The van der Waals surface area contributed by atoms with Gasteiger partial charge in [0.05, 0.1) is 12.6 Å². The number of nitrogens with one attached hydrogen (secondary N) is 1. The number of rotatable bonds is 4. The summed E-state index contributed by atoms with van der Waals surface area (Å²) in [4.78, 5) is 21.7. The Hall–Kier alpha value is -1.89. The highest BCUT2D eigenvalue weighted by atomic mass is 16.5. The summed E-state index contributed by atoms with van der Waals surface area (Å²) in [6.45, 7) is 2.19. The number of nitrogens with zero attached hydrogens (tertiary/aromatic N) is 3. The van der Waals surface area contributed by atoms with Gasteiger partial charge in [-0.15, -0.1) is 0 Å². The fourth-order valence-corrected chi connectivity index (χ4v) is 2.89. The minimum Gasteiger partial charge on any atom is -0.480 e. The van der Waals surface area contributed by atoms with Crippen molar-refractivity contribution in [2.24, 2.45) is 0 Å². The summed E-state index contributed by atoms with van der Waals surface area (Å²) in [5, 5.41) is 12.6. The first-order chi connectivity index (χ1) is 10.2. The Labute approximate surface area is 123 Å². The highest BCUT2D eigenvalue weighted by Crippen LogP contribution is 2.23. The lowest BCUT2D eigenvalue weighted by atomic mass is 10.1. The van der Waals surface area contributed by atoms with Gasteiger partial charge in [-0.2, -0.15) is 4.98 Å². The van der Waals surface area contributed by atoms with Crippen molar-refractivity contribution in [1.29, 1.82) is 0 Å². The van der Waals surface area contributed by atoms with Crippen LogP contribution < -0.4 is 10.2 Å². The summed E-state index contributed by atoms with van der Waals surface area (Å²) < 4.78 is 5.44. The number of carbonyl (C=O) groups is 1. The Morgan fingerprint density at radius 2 is 2.33 bits per heavy atom. The van der Waals surface area contributed by atoms with Crippen LogP contribution in [0.3, 0.4) is 0 Å². The summed E-state index contributed by atoms with van der Waals surface area (Å²) in [5.74, 6) is 0.406. The van der Waals surface area contributed by atoms with Gasteiger partial charge in [0.15, 0.2) is 0 Å². The molecule has 2 saturated heterocycles. The molecule has 3 rings (SSSR count). The zero-order valence-electron chi connectivity index (χ0n) is 11.9. The molecule has 2 atom stereocenters. The van der Waals surface area contributed by atoms with E-state index in [1.807, 2.05) is 6.07 Å². The lowest BCUT2D eigenvalue weighted by Crippen LogP contribution is -2.37. The number of aliphatic carboxylic acids is 1. The molecule has 2 unspecified atom stereocenters. The molecule has 0 amide bonds. The van der Waals surface area contributed by atoms with Crippen LogP contribution in [0.15, 0.2) is 12.3 Å². The lowest BCUT2D eigenvalue weighted by Gasteiger charge is -2.25. The lowest BCUT2D eigenvalue weighted by molar-refractivity contribution is -0.138. The van der Waals surface area contributed by atoms with Gasteiger partial charge in [0.1, 0.15) is 11.9 Å². The van der Waals surface area contributed by atoms with E-state index >= 15 is 0 Å². The van der Waals surface area contributed by atoms with Gasteiger partial charge >= 0.3 is 5.97 Å². The molecular formula is C14H20N4O3. The third-order valence-electron chi connectivity index (χ3n) is 3.95. The van der Waals surface area contributed by atoms with Crippen molar-refractivity contribution in [1.82, 2.24) is 9.97 Å². The maximum Gasteiger partial charge on any atom is 0.326 e. The average Bonchev–Trinajstić information content (AvgIpc) is 2.98. The van der Waals surface area contributed by atoms with E-state index in [0.29, 0.717) is 25.5 Å². The molecule has 0 saturated carbocycles. The molecule has 2 fully saturated rings. The molecule has 0 bridgehead atoms. The standard InChI is InChI=1S/C14H20N4O3/c19-13(20)11-4-1-7-18(11)14-15-6-5-12(17-14)16-10-3-2-8-21-9-10/h5-6,10-11H,1-4,7-9H2,(H,19,20)(H,15,16,17). The molecule has 1 aromatic heterocycles. The van der Waals surface area contributed by atoms with Crippen LogP contribution in [-0.4, -0.2) is 52.9 Å². The van der Waals surface area contributed by atoms with Crippen LogP contribution in [0, 0.1) is 0 Å². The van der Waals surface area contributed by atoms with Crippen LogP contribution >= 0.6 is 0 Å². The Morgan fingerprint density at radius 3 is 3.10 bits per heavy atom. The molecule has 7 nitrogen and oxygen atoms in total. The second-order valence-electron chi connectivity index (χ2n) is 5.49. The predicted molar refractivity (Wildman–Crippen MR) is 77.5 cm³/mol. The van der Waals surface area contributed by atoms with Crippen LogP contribution in [0.1, 0.15) is 25.7 Å². The molecule has 3 heterocycles. The quantitative estimate of drug-likeness (QED) is 0.859. The van der Waals surface area contributed by atoms with Crippen molar-refractivity contribution < 1.29 is 14.6 Å². The summed E-state index contributed by atoms with van der Waals surface area (Å²) in [7, 11) is 0. The molecule has 0 radical (unpaired) electrons. The van der Waals surface area contributed by atoms with E-state index in [4.69, 9.17) is 4.74 Å². The highest BCUT2D eigenvalue weighted by molar-refractivity contribution is 5.78. The van der Waals surface area contributed by atoms with E-state index in [1.165, 1.54) is 0 Å². The number of hydrogen-bond acceptors (Lipinski definition) is 6. The van der Waals surface area contributed by atoms with E-state index < -0.39 is 12.0 Å². The van der Waals surface area contributed by atoms with Gasteiger partial charge in [-0.05, 0) is 31.7 Å². The molecule has 2 N–H and O–H groups in total. The van der Waals surface area contributed by atoms with E-state index in [1.54, 1.807) is 11.1 Å². The third-order valence-corrected chi connectivity index (χ3v) is 3.95. The summed E-state index contributed by atoms with van der Waals surface area (Å²) in [6, 6.07) is 1.55. The van der Waals surface area contributed by atoms with Gasteiger partial charge in [-0.1, -0.05) is 0 Å². The molecule has 21 heavy (non-hydrogen) atoms. The van der Waals surface area contributed by atoms with Crippen molar-refractivity contribution in [2.45, 2.75) is 37.8 Å². The number of carboxylic acids is 1. The summed E-state index contributed by atoms with van der Waals surface area (Å²) >= 11 is 0. The van der Waals surface area contributed by atoms with Crippen molar-refractivity contribution in [2.75, 3.05) is 30.0 Å². The van der Waals surface area contributed by atoms with Crippen molar-refractivity contribution in [3.8, 4) is 0 Å². The third kappa shape index (κ3) is 3.24. The van der Waals surface area contributed by atoms with Gasteiger partial charge < -0.3 is 20.1 Å². The first kappa shape index (κ1) is 14.1. The van der Waals surface area contributed by atoms with Gasteiger partial charge in [0, 0.05) is 19.3 Å². The van der Waals surface area contributed by atoms with Crippen LogP contribution in [0.25, 0.3) is 0 Å². The second kappa shape index (κ2) is 6.26. The molecular weight excluding hydrogens is 272 g/mol. The summed E-state index contributed by atoms with van der Waals surface area (Å²) in [6.07, 6.45) is 5.27. The number of ether oxygens (including phenoxy) is 1. The molecule has 2 aliphatic heterocycles. The fraction of sp³-hybridized carbons (Fsp3) is 0.643. The first-order valence-corrected chi connectivity index (χ1v) is 7.41. The van der Waals surface area contributed by atoms with Crippen molar-refractivity contribution in [3.05, 3.63) is 12.3 Å². The maximum absolute atomic E-state index is 11.3. The zero-order valence-corrected chi connectivity index (χ0v) is 11.9. The minimum atomic E-state index is -0.810. The fourth-order valence-electron chi connectivity index (χ4n) is 2.89. The minimum absolute atomic E-state index is 0.260. The van der Waals surface area contributed by atoms with E-state index in [9.17, 15) is 9.90 Å². The average molecular weight is 292 g/mol. The van der Waals surface area contributed by atoms with Crippen LogP contribution in [0.4, 0.5) is 11.8 Å². The number of carboxylic acid groups (broad SMARTS) is 1. The van der Waals surface area contributed by atoms with Crippen LogP contribution in [-0.2, 0) is 9.53 Å². The summed E-state index contributed by atoms with van der Waals surface area (Å²) in [5.41, 5.74) is 0. The van der Waals surface area contributed by atoms with Crippen LogP contribution in [0.5, 0.6) is 0 Å². The zero-order chi connectivity index (χ0) is 14.7. The SMILES string of the molecule is O=C(O)C1CCCN1c1nccc(NC2CCCOC2)n1. The maximum atomic E-state index is 11.3. The predicted octanol–water partition coefficient (Wildman–Crippen LogP) is 1.12. The Kier molecular flexibility index (Phi) is 4.19. The van der Waals surface area contributed by atoms with Crippen LogP contribution in [0.2, 0.25) is 0 Å². The van der Waals surface area contributed by atoms with Crippen molar-refractivity contribution >= 4 is 17.7 Å². The molecule has 114 valence electrons. The molecule has 2 aliphatic rings. The largest absolute Gasteiger partial charge is 0.480 e. The molecule has 7 heteroatoms. The van der Waals surface area contributed by atoms with Gasteiger partial charge in [0.2, 0.25) is 5.95 Å². The molecule has 0 spiro atoms. The Balaban J connectivity index is 1.71.